The van der Waals surface area contributed by atoms with Crippen molar-refractivity contribution in [3.05, 3.63) is 64.5 Å². The number of hydrogen-bond donors (Lipinski definition) is 1. The number of ether oxygens (including phenoxy) is 1. The molecule has 2 N–H and O–H groups in total. The Bertz CT molecular complexity index is 683. The lowest BCUT2D eigenvalue weighted by atomic mass is 9.72. The molecule has 0 fully saturated rings. The first-order chi connectivity index (χ1) is 10.0. The van der Waals surface area contributed by atoms with Crippen molar-refractivity contribution in [2.45, 2.75) is 31.7 Å². The molecule has 0 bridgehead atoms. The smallest absolute Gasteiger partial charge is 0.123 e. The van der Waals surface area contributed by atoms with Crippen molar-refractivity contribution in [3.63, 3.8) is 0 Å². The Labute approximate surface area is 124 Å². The van der Waals surface area contributed by atoms with E-state index in [1.54, 1.807) is 13.2 Å². The van der Waals surface area contributed by atoms with Crippen LogP contribution in [0.4, 0.5) is 4.39 Å². The highest BCUT2D eigenvalue weighted by Crippen LogP contribution is 2.41. The molecule has 110 valence electrons. The van der Waals surface area contributed by atoms with Gasteiger partial charge in [-0.15, -0.1) is 0 Å². The van der Waals surface area contributed by atoms with Gasteiger partial charge in [-0.3, -0.25) is 0 Å². The highest BCUT2D eigenvalue weighted by molar-refractivity contribution is 5.49. The Balaban J connectivity index is 2.18. The zero-order valence-electron chi connectivity index (χ0n) is 12.4. The Morgan fingerprint density at radius 1 is 1.14 bits per heavy atom. The van der Waals surface area contributed by atoms with Crippen LogP contribution in [0, 0.1) is 12.7 Å². The predicted octanol–water partition coefficient (Wildman–Crippen LogP) is 3.68. The van der Waals surface area contributed by atoms with E-state index in [-0.39, 0.29) is 5.82 Å². The third-order valence-electron chi connectivity index (χ3n) is 4.48. The average molecular weight is 285 g/mol. The Hall–Kier alpha value is -1.87. The minimum atomic E-state index is -0.570. The first kappa shape index (κ1) is 14.1. The van der Waals surface area contributed by atoms with E-state index in [1.807, 2.05) is 25.1 Å². The number of fused-ring (bicyclic) bond motifs is 1. The van der Waals surface area contributed by atoms with Crippen LogP contribution in [0.25, 0.3) is 0 Å². The molecule has 0 amide bonds. The number of benzene rings is 2. The Morgan fingerprint density at radius 3 is 2.67 bits per heavy atom. The molecule has 1 aliphatic rings. The summed E-state index contributed by atoms with van der Waals surface area (Å²) < 4.78 is 18.7. The average Bonchev–Trinajstić information content (AvgIpc) is 2.47. The number of aryl methyl sites for hydroxylation is 2. The molecule has 0 radical (unpaired) electrons. The highest BCUT2D eigenvalue weighted by atomic mass is 19.1. The summed E-state index contributed by atoms with van der Waals surface area (Å²) in [5, 5.41) is 0. The van der Waals surface area contributed by atoms with Gasteiger partial charge in [0.05, 0.1) is 12.6 Å². The molecular weight excluding hydrogens is 265 g/mol. The van der Waals surface area contributed by atoms with Gasteiger partial charge < -0.3 is 10.5 Å². The van der Waals surface area contributed by atoms with Crippen LogP contribution < -0.4 is 10.5 Å². The van der Waals surface area contributed by atoms with E-state index in [0.717, 1.165) is 41.7 Å². The Morgan fingerprint density at radius 2 is 1.95 bits per heavy atom. The molecule has 3 rings (SSSR count). The lowest BCUT2D eigenvalue weighted by molar-refractivity contribution is 0.404. The van der Waals surface area contributed by atoms with Crippen LogP contribution in [0.2, 0.25) is 0 Å². The van der Waals surface area contributed by atoms with E-state index in [4.69, 9.17) is 10.5 Å². The summed E-state index contributed by atoms with van der Waals surface area (Å²) in [6, 6.07) is 11.0. The molecule has 3 heteroatoms. The van der Waals surface area contributed by atoms with E-state index in [1.165, 1.54) is 11.6 Å². The summed E-state index contributed by atoms with van der Waals surface area (Å²) in [5.41, 5.74) is 10.5. The van der Waals surface area contributed by atoms with Crippen molar-refractivity contribution in [1.29, 1.82) is 0 Å². The second kappa shape index (κ2) is 5.15. The monoisotopic (exact) mass is 285 g/mol. The molecule has 2 aromatic carbocycles. The molecule has 21 heavy (non-hydrogen) atoms. The molecule has 1 unspecified atom stereocenters. The van der Waals surface area contributed by atoms with Crippen molar-refractivity contribution < 1.29 is 9.13 Å². The second-order valence-electron chi connectivity index (χ2n) is 5.81. The molecule has 0 aliphatic heterocycles. The maximum Gasteiger partial charge on any atom is 0.123 e. The van der Waals surface area contributed by atoms with Crippen LogP contribution >= 0.6 is 0 Å². The van der Waals surface area contributed by atoms with Crippen molar-refractivity contribution in [1.82, 2.24) is 0 Å². The van der Waals surface area contributed by atoms with Crippen molar-refractivity contribution >= 4 is 0 Å². The summed E-state index contributed by atoms with van der Waals surface area (Å²) in [6.07, 6.45) is 2.92. The molecule has 0 saturated carbocycles. The Kier molecular flexibility index (Phi) is 3.46. The SMILES string of the molecule is COc1ccc2c(c1)C(N)(c1ccc(F)cc1C)CCC2. The quantitative estimate of drug-likeness (QED) is 0.913. The molecule has 0 spiro atoms. The predicted molar refractivity (Wildman–Crippen MR) is 82.0 cm³/mol. The zero-order valence-corrected chi connectivity index (χ0v) is 12.4. The zero-order chi connectivity index (χ0) is 15.0. The lowest BCUT2D eigenvalue weighted by Gasteiger charge is -2.37. The van der Waals surface area contributed by atoms with E-state index < -0.39 is 5.54 Å². The third-order valence-corrected chi connectivity index (χ3v) is 4.48. The van der Waals surface area contributed by atoms with Crippen molar-refractivity contribution in [2.75, 3.05) is 7.11 Å². The van der Waals surface area contributed by atoms with Gasteiger partial charge in [0.2, 0.25) is 0 Å². The van der Waals surface area contributed by atoms with E-state index >= 15 is 0 Å². The fraction of sp³-hybridized carbons (Fsp3) is 0.333. The lowest BCUT2D eigenvalue weighted by Crippen LogP contribution is -2.41. The molecule has 0 saturated heterocycles. The number of hydrogen-bond acceptors (Lipinski definition) is 2. The molecule has 1 aliphatic carbocycles. The van der Waals surface area contributed by atoms with Crippen LogP contribution in [-0.2, 0) is 12.0 Å². The molecule has 2 nitrogen and oxygen atoms in total. The van der Waals surface area contributed by atoms with Gasteiger partial charge in [-0.1, -0.05) is 12.1 Å². The molecule has 1 atom stereocenters. The summed E-state index contributed by atoms with van der Waals surface area (Å²) in [6.45, 7) is 1.92. The molecule has 0 heterocycles. The largest absolute Gasteiger partial charge is 0.497 e. The summed E-state index contributed by atoms with van der Waals surface area (Å²) >= 11 is 0. The van der Waals surface area contributed by atoms with Gasteiger partial charge in [0.25, 0.3) is 0 Å². The fourth-order valence-corrected chi connectivity index (χ4v) is 3.42. The maximum absolute atomic E-state index is 13.4. The second-order valence-corrected chi connectivity index (χ2v) is 5.81. The molecule has 0 aromatic heterocycles. The van der Waals surface area contributed by atoms with E-state index in [9.17, 15) is 4.39 Å². The van der Waals surface area contributed by atoms with Gasteiger partial charge in [0, 0.05) is 0 Å². The number of rotatable bonds is 2. The van der Waals surface area contributed by atoms with Crippen LogP contribution in [0.15, 0.2) is 36.4 Å². The molecule has 2 aromatic rings. The topological polar surface area (TPSA) is 35.2 Å². The van der Waals surface area contributed by atoms with Crippen LogP contribution in [0.5, 0.6) is 5.75 Å². The van der Waals surface area contributed by atoms with E-state index in [2.05, 4.69) is 6.07 Å². The van der Waals surface area contributed by atoms with Gasteiger partial charge >= 0.3 is 0 Å². The maximum atomic E-state index is 13.4. The third kappa shape index (κ3) is 2.32. The first-order valence-electron chi connectivity index (χ1n) is 7.27. The van der Waals surface area contributed by atoms with E-state index in [0.29, 0.717) is 0 Å². The summed E-state index contributed by atoms with van der Waals surface area (Å²) in [4.78, 5) is 0. The molecular formula is C18H20FNO. The number of methoxy groups -OCH3 is 1. The van der Waals surface area contributed by atoms with Gasteiger partial charge in [-0.05, 0) is 72.7 Å². The first-order valence-corrected chi connectivity index (χ1v) is 7.27. The van der Waals surface area contributed by atoms with Gasteiger partial charge in [0.15, 0.2) is 0 Å². The minimum Gasteiger partial charge on any atom is -0.497 e. The van der Waals surface area contributed by atoms with Gasteiger partial charge in [-0.2, -0.15) is 0 Å². The highest BCUT2D eigenvalue weighted by Gasteiger charge is 2.35. The van der Waals surface area contributed by atoms with Gasteiger partial charge in [0.1, 0.15) is 11.6 Å². The van der Waals surface area contributed by atoms with Crippen molar-refractivity contribution in [2.24, 2.45) is 5.73 Å². The summed E-state index contributed by atoms with van der Waals surface area (Å²) in [7, 11) is 1.66. The standard InChI is InChI=1S/C18H20FNO/c1-12-10-14(19)6-8-16(12)18(20)9-3-4-13-5-7-15(21-2)11-17(13)18/h5-8,10-11H,3-4,9,20H2,1-2H3. The van der Waals surface area contributed by atoms with Gasteiger partial charge in [-0.25, -0.2) is 4.39 Å². The van der Waals surface area contributed by atoms with Crippen LogP contribution in [0.3, 0.4) is 0 Å². The van der Waals surface area contributed by atoms with Crippen molar-refractivity contribution in [3.8, 4) is 5.75 Å². The number of halogens is 1. The summed E-state index contributed by atoms with van der Waals surface area (Å²) in [5.74, 6) is 0.590. The van der Waals surface area contributed by atoms with Crippen LogP contribution in [-0.4, -0.2) is 7.11 Å². The fourth-order valence-electron chi connectivity index (χ4n) is 3.42. The normalized spacial score (nSPS) is 21.0. The number of nitrogens with two attached hydrogens (primary N) is 1. The van der Waals surface area contributed by atoms with Crippen LogP contribution in [0.1, 0.15) is 35.1 Å². The minimum absolute atomic E-state index is 0.221.